The van der Waals surface area contributed by atoms with Crippen LogP contribution in [0, 0.1) is 10.1 Å². The van der Waals surface area contributed by atoms with E-state index in [9.17, 15) is 14.9 Å². The van der Waals surface area contributed by atoms with Gasteiger partial charge in [0.15, 0.2) is 0 Å². The standard InChI is InChI=1S/C11H17N3O4/c1-5-7(4)12-11(15)8-9(14(16)17)10(6(2)3)18-13-8/h6-7H,5H2,1-4H3,(H,12,15)/t7-/m1/s1. The van der Waals surface area contributed by atoms with Crippen molar-refractivity contribution in [2.45, 2.75) is 46.1 Å². The van der Waals surface area contributed by atoms with E-state index in [0.717, 1.165) is 6.42 Å². The molecule has 1 aromatic rings. The number of hydrogen-bond donors (Lipinski definition) is 1. The van der Waals surface area contributed by atoms with Gasteiger partial charge >= 0.3 is 5.69 Å². The lowest BCUT2D eigenvalue weighted by Gasteiger charge is -2.08. The summed E-state index contributed by atoms with van der Waals surface area (Å²) in [5.41, 5.74) is -0.602. The van der Waals surface area contributed by atoms with Gasteiger partial charge in [-0.1, -0.05) is 25.9 Å². The van der Waals surface area contributed by atoms with Gasteiger partial charge in [0.05, 0.1) is 4.92 Å². The number of amides is 1. The quantitative estimate of drug-likeness (QED) is 0.642. The van der Waals surface area contributed by atoms with Crippen LogP contribution >= 0.6 is 0 Å². The maximum atomic E-state index is 11.8. The van der Waals surface area contributed by atoms with E-state index in [4.69, 9.17) is 4.52 Å². The number of rotatable bonds is 5. The number of hydrogen-bond acceptors (Lipinski definition) is 5. The first-order valence-corrected chi connectivity index (χ1v) is 5.83. The summed E-state index contributed by atoms with van der Waals surface area (Å²) in [4.78, 5) is 22.2. The predicted octanol–water partition coefficient (Wildman–Crippen LogP) is 2.23. The van der Waals surface area contributed by atoms with Crippen molar-refractivity contribution in [3.8, 4) is 0 Å². The molecule has 0 aromatic carbocycles. The van der Waals surface area contributed by atoms with E-state index in [0.29, 0.717) is 0 Å². The van der Waals surface area contributed by atoms with Crippen LogP contribution in [0.2, 0.25) is 0 Å². The molecule has 0 aliphatic rings. The second-order valence-electron chi connectivity index (χ2n) is 4.44. The van der Waals surface area contributed by atoms with Crippen molar-refractivity contribution < 1.29 is 14.2 Å². The van der Waals surface area contributed by atoms with Crippen LogP contribution < -0.4 is 5.32 Å². The molecule has 1 heterocycles. The van der Waals surface area contributed by atoms with Crippen molar-refractivity contribution in [3.05, 3.63) is 21.6 Å². The van der Waals surface area contributed by atoms with E-state index < -0.39 is 10.8 Å². The smallest absolute Gasteiger partial charge is 0.344 e. The van der Waals surface area contributed by atoms with Crippen LogP contribution in [0.4, 0.5) is 5.69 Å². The van der Waals surface area contributed by atoms with E-state index in [2.05, 4.69) is 10.5 Å². The number of carbonyl (C=O) groups is 1. The highest BCUT2D eigenvalue weighted by atomic mass is 16.6. The molecule has 0 aliphatic heterocycles. The maximum Gasteiger partial charge on any atom is 0.344 e. The van der Waals surface area contributed by atoms with Crippen LogP contribution in [0.3, 0.4) is 0 Å². The average molecular weight is 255 g/mol. The fraction of sp³-hybridized carbons (Fsp3) is 0.636. The second-order valence-corrected chi connectivity index (χ2v) is 4.44. The third-order valence-corrected chi connectivity index (χ3v) is 2.60. The zero-order valence-corrected chi connectivity index (χ0v) is 10.9. The molecule has 0 radical (unpaired) electrons. The van der Waals surface area contributed by atoms with Crippen molar-refractivity contribution in [2.24, 2.45) is 0 Å². The van der Waals surface area contributed by atoms with Crippen molar-refractivity contribution >= 4 is 11.6 Å². The molecule has 0 fully saturated rings. The van der Waals surface area contributed by atoms with E-state index in [-0.39, 0.29) is 29.1 Å². The Morgan fingerprint density at radius 3 is 2.56 bits per heavy atom. The number of aromatic nitrogens is 1. The molecular formula is C11H17N3O4. The normalized spacial score (nSPS) is 12.5. The van der Waals surface area contributed by atoms with Gasteiger partial charge in [-0.2, -0.15) is 0 Å². The highest BCUT2D eigenvalue weighted by molar-refractivity contribution is 5.96. The van der Waals surface area contributed by atoms with Gasteiger partial charge < -0.3 is 9.84 Å². The van der Waals surface area contributed by atoms with E-state index in [1.54, 1.807) is 13.8 Å². The first-order chi connectivity index (χ1) is 8.38. The van der Waals surface area contributed by atoms with Gasteiger partial charge in [-0.15, -0.1) is 0 Å². The van der Waals surface area contributed by atoms with E-state index in [1.165, 1.54) is 0 Å². The molecule has 0 saturated heterocycles. The van der Waals surface area contributed by atoms with Crippen LogP contribution in [0.25, 0.3) is 0 Å². The maximum absolute atomic E-state index is 11.8. The minimum atomic E-state index is -0.628. The van der Waals surface area contributed by atoms with Gasteiger partial charge in [0.1, 0.15) is 0 Å². The largest absolute Gasteiger partial charge is 0.353 e. The van der Waals surface area contributed by atoms with E-state index in [1.807, 2.05) is 13.8 Å². The predicted molar refractivity (Wildman–Crippen MR) is 64.5 cm³/mol. The third kappa shape index (κ3) is 2.85. The lowest BCUT2D eigenvalue weighted by Crippen LogP contribution is -2.32. The molecule has 0 unspecified atom stereocenters. The lowest BCUT2D eigenvalue weighted by molar-refractivity contribution is -0.386. The summed E-state index contributed by atoms with van der Waals surface area (Å²) in [6, 6.07) is -0.0729. The number of nitrogens with one attached hydrogen (secondary N) is 1. The van der Waals surface area contributed by atoms with Crippen molar-refractivity contribution in [1.29, 1.82) is 0 Å². The summed E-state index contributed by atoms with van der Waals surface area (Å²) in [6.07, 6.45) is 0.731. The fourth-order valence-corrected chi connectivity index (χ4v) is 1.40. The summed E-state index contributed by atoms with van der Waals surface area (Å²) in [5, 5.41) is 17.1. The Labute approximate surface area is 105 Å². The van der Waals surface area contributed by atoms with Crippen LogP contribution in [0.1, 0.15) is 56.3 Å². The summed E-state index contributed by atoms with van der Waals surface area (Å²) in [5.74, 6) is -0.663. The molecule has 0 bridgehead atoms. The van der Waals surface area contributed by atoms with Crippen LogP contribution in [0.5, 0.6) is 0 Å². The molecule has 1 atom stereocenters. The number of nitrogens with zero attached hydrogens (tertiary/aromatic N) is 2. The summed E-state index contributed by atoms with van der Waals surface area (Å²) >= 11 is 0. The lowest BCUT2D eigenvalue weighted by atomic mass is 10.1. The zero-order valence-electron chi connectivity index (χ0n) is 10.9. The number of nitro groups is 1. The van der Waals surface area contributed by atoms with Gasteiger partial charge in [0, 0.05) is 12.0 Å². The van der Waals surface area contributed by atoms with Gasteiger partial charge in [0.25, 0.3) is 5.91 Å². The summed E-state index contributed by atoms with van der Waals surface area (Å²) < 4.78 is 4.90. The summed E-state index contributed by atoms with van der Waals surface area (Å²) in [6.45, 7) is 7.20. The Hall–Kier alpha value is -1.92. The zero-order chi connectivity index (χ0) is 13.9. The minimum absolute atomic E-state index is 0.0729. The van der Waals surface area contributed by atoms with Crippen molar-refractivity contribution in [3.63, 3.8) is 0 Å². The molecule has 1 rings (SSSR count). The summed E-state index contributed by atoms with van der Waals surface area (Å²) in [7, 11) is 0. The first-order valence-electron chi connectivity index (χ1n) is 5.83. The minimum Gasteiger partial charge on any atom is -0.353 e. The Kier molecular flexibility index (Phi) is 4.41. The van der Waals surface area contributed by atoms with Gasteiger partial charge in [-0.3, -0.25) is 14.9 Å². The van der Waals surface area contributed by atoms with Crippen molar-refractivity contribution in [1.82, 2.24) is 10.5 Å². The van der Waals surface area contributed by atoms with Gasteiger partial charge in [-0.25, -0.2) is 0 Å². The molecule has 1 N–H and O–H groups in total. The van der Waals surface area contributed by atoms with Gasteiger partial charge in [-0.05, 0) is 13.3 Å². The first kappa shape index (κ1) is 14.1. The SMILES string of the molecule is CC[C@@H](C)NC(=O)c1noc(C(C)C)c1[N+](=O)[O-]. The highest BCUT2D eigenvalue weighted by Crippen LogP contribution is 2.29. The second kappa shape index (κ2) is 5.61. The molecule has 0 aliphatic carbocycles. The Morgan fingerprint density at radius 2 is 2.11 bits per heavy atom. The molecule has 18 heavy (non-hydrogen) atoms. The molecule has 7 nitrogen and oxygen atoms in total. The Balaban J connectivity index is 3.09. The molecule has 7 heteroatoms. The third-order valence-electron chi connectivity index (χ3n) is 2.60. The van der Waals surface area contributed by atoms with Crippen LogP contribution in [-0.2, 0) is 0 Å². The van der Waals surface area contributed by atoms with Crippen molar-refractivity contribution in [2.75, 3.05) is 0 Å². The monoisotopic (exact) mass is 255 g/mol. The highest BCUT2D eigenvalue weighted by Gasteiger charge is 2.33. The topological polar surface area (TPSA) is 98.3 Å². The Bertz CT molecular complexity index is 453. The molecular weight excluding hydrogens is 238 g/mol. The molecule has 0 saturated carbocycles. The number of carbonyl (C=O) groups excluding carboxylic acids is 1. The van der Waals surface area contributed by atoms with Crippen LogP contribution in [0.15, 0.2) is 4.52 Å². The molecule has 100 valence electrons. The Morgan fingerprint density at radius 1 is 1.50 bits per heavy atom. The molecule has 1 amide bonds. The van der Waals surface area contributed by atoms with E-state index >= 15 is 0 Å². The molecule has 1 aromatic heterocycles. The molecule has 0 spiro atoms. The van der Waals surface area contributed by atoms with Crippen LogP contribution in [-0.4, -0.2) is 22.0 Å². The van der Waals surface area contributed by atoms with Gasteiger partial charge in [0.2, 0.25) is 11.5 Å². The average Bonchev–Trinajstić information content (AvgIpc) is 2.73. The fourth-order valence-electron chi connectivity index (χ4n) is 1.40.